The number of hydrazine groups is 1. The molecule has 0 aliphatic rings. The van der Waals surface area contributed by atoms with Crippen molar-refractivity contribution >= 4 is 17.3 Å². The second-order valence-electron chi connectivity index (χ2n) is 4.12. The summed E-state index contributed by atoms with van der Waals surface area (Å²) in [5.74, 6) is 6.19. The zero-order valence-electron chi connectivity index (χ0n) is 11.7. The standard InChI is InChI=1S/C14H16N4O3/c1-20-10-5-9(6-11(7-10)21-2)17-14(19)12-8-16-4-3-13(12)18-15/h3-8H,15H2,1-2H3,(H,16,18)(H,17,19). The number of amides is 1. The summed E-state index contributed by atoms with van der Waals surface area (Å²) in [4.78, 5) is 16.2. The van der Waals surface area contributed by atoms with Crippen LogP contribution < -0.4 is 26.1 Å². The topological polar surface area (TPSA) is 98.5 Å². The van der Waals surface area contributed by atoms with E-state index in [1.807, 2.05) is 0 Å². The van der Waals surface area contributed by atoms with E-state index in [1.165, 1.54) is 20.4 Å². The van der Waals surface area contributed by atoms with Crippen LogP contribution in [0, 0.1) is 0 Å². The number of carbonyl (C=O) groups is 1. The molecule has 1 aromatic carbocycles. The fourth-order valence-electron chi connectivity index (χ4n) is 1.78. The molecule has 1 amide bonds. The van der Waals surface area contributed by atoms with Gasteiger partial charge in [0.1, 0.15) is 11.5 Å². The molecule has 7 heteroatoms. The lowest BCUT2D eigenvalue weighted by Crippen LogP contribution is -2.17. The molecule has 0 aliphatic heterocycles. The second kappa shape index (κ2) is 6.58. The van der Waals surface area contributed by atoms with Crippen LogP contribution in [0.5, 0.6) is 11.5 Å². The third kappa shape index (κ3) is 3.40. The van der Waals surface area contributed by atoms with E-state index in [1.54, 1.807) is 30.5 Å². The minimum absolute atomic E-state index is 0.335. The molecule has 0 radical (unpaired) electrons. The van der Waals surface area contributed by atoms with E-state index in [-0.39, 0.29) is 5.91 Å². The predicted molar refractivity (Wildman–Crippen MR) is 79.5 cm³/mol. The maximum atomic E-state index is 12.3. The molecule has 0 bridgehead atoms. The monoisotopic (exact) mass is 288 g/mol. The molecule has 0 saturated heterocycles. The quantitative estimate of drug-likeness (QED) is 0.571. The third-order valence-corrected chi connectivity index (χ3v) is 2.83. The number of nitrogens with one attached hydrogen (secondary N) is 2. The molecule has 1 heterocycles. The first-order valence-electron chi connectivity index (χ1n) is 6.13. The van der Waals surface area contributed by atoms with Crippen molar-refractivity contribution < 1.29 is 14.3 Å². The van der Waals surface area contributed by atoms with E-state index < -0.39 is 0 Å². The number of nitrogens with two attached hydrogens (primary N) is 1. The summed E-state index contributed by atoms with van der Waals surface area (Å²) in [6.45, 7) is 0. The normalized spacial score (nSPS) is 9.86. The van der Waals surface area contributed by atoms with E-state index in [9.17, 15) is 4.79 Å². The molecule has 0 atom stereocenters. The Morgan fingerprint density at radius 1 is 1.19 bits per heavy atom. The van der Waals surface area contributed by atoms with Crippen LogP contribution in [0.1, 0.15) is 10.4 Å². The molecule has 110 valence electrons. The molecule has 0 fully saturated rings. The SMILES string of the molecule is COc1cc(NC(=O)c2cnccc2NN)cc(OC)c1. The zero-order valence-corrected chi connectivity index (χ0v) is 11.7. The van der Waals surface area contributed by atoms with Crippen molar-refractivity contribution in [1.29, 1.82) is 0 Å². The molecule has 0 aliphatic carbocycles. The number of nitrogen functional groups attached to an aromatic ring is 1. The van der Waals surface area contributed by atoms with Gasteiger partial charge in [-0.25, -0.2) is 0 Å². The molecule has 7 nitrogen and oxygen atoms in total. The van der Waals surface area contributed by atoms with Gasteiger partial charge in [-0.2, -0.15) is 0 Å². The van der Waals surface area contributed by atoms with Crippen molar-refractivity contribution in [3.63, 3.8) is 0 Å². The molecule has 2 aromatic rings. The first-order chi connectivity index (χ1) is 10.2. The third-order valence-electron chi connectivity index (χ3n) is 2.83. The van der Waals surface area contributed by atoms with Crippen LogP contribution in [0.4, 0.5) is 11.4 Å². The summed E-state index contributed by atoms with van der Waals surface area (Å²) in [5, 5.41) is 2.75. The number of pyridine rings is 1. The lowest BCUT2D eigenvalue weighted by Gasteiger charge is -2.11. The van der Waals surface area contributed by atoms with Crippen molar-refractivity contribution in [3.8, 4) is 11.5 Å². The molecule has 0 spiro atoms. The zero-order chi connectivity index (χ0) is 15.2. The van der Waals surface area contributed by atoms with Crippen molar-refractivity contribution in [2.24, 2.45) is 5.84 Å². The van der Waals surface area contributed by atoms with Gasteiger partial charge in [0.25, 0.3) is 5.91 Å². The number of hydrogen-bond acceptors (Lipinski definition) is 6. The minimum Gasteiger partial charge on any atom is -0.497 e. The summed E-state index contributed by atoms with van der Waals surface area (Å²) >= 11 is 0. The van der Waals surface area contributed by atoms with Crippen LogP contribution in [-0.4, -0.2) is 25.1 Å². The Balaban J connectivity index is 2.27. The van der Waals surface area contributed by atoms with Gasteiger partial charge in [-0.05, 0) is 6.07 Å². The Morgan fingerprint density at radius 3 is 2.43 bits per heavy atom. The second-order valence-corrected chi connectivity index (χ2v) is 4.12. The van der Waals surface area contributed by atoms with Gasteiger partial charge in [-0.1, -0.05) is 0 Å². The van der Waals surface area contributed by atoms with Crippen molar-refractivity contribution in [1.82, 2.24) is 4.98 Å². The number of anilines is 2. The highest BCUT2D eigenvalue weighted by molar-refractivity contribution is 6.07. The number of methoxy groups -OCH3 is 2. The smallest absolute Gasteiger partial charge is 0.259 e. The lowest BCUT2D eigenvalue weighted by molar-refractivity contribution is 0.102. The highest BCUT2D eigenvalue weighted by Crippen LogP contribution is 2.26. The largest absolute Gasteiger partial charge is 0.497 e. The molecule has 0 saturated carbocycles. The van der Waals surface area contributed by atoms with E-state index in [0.29, 0.717) is 28.4 Å². The van der Waals surface area contributed by atoms with Gasteiger partial charge < -0.3 is 20.2 Å². The molecule has 2 rings (SSSR count). The van der Waals surface area contributed by atoms with E-state index >= 15 is 0 Å². The maximum absolute atomic E-state index is 12.3. The maximum Gasteiger partial charge on any atom is 0.259 e. The van der Waals surface area contributed by atoms with E-state index in [2.05, 4.69) is 15.7 Å². The first-order valence-corrected chi connectivity index (χ1v) is 6.13. The summed E-state index contributed by atoms with van der Waals surface area (Å²) in [5.41, 5.74) is 3.82. The van der Waals surface area contributed by atoms with Gasteiger partial charge in [0.05, 0.1) is 25.5 Å². The number of ether oxygens (including phenoxy) is 2. The molecule has 1 aromatic heterocycles. The Bertz CT molecular complexity index is 624. The van der Waals surface area contributed by atoms with Crippen LogP contribution in [0.2, 0.25) is 0 Å². The van der Waals surface area contributed by atoms with Gasteiger partial charge in [0, 0.05) is 36.3 Å². The Morgan fingerprint density at radius 2 is 1.86 bits per heavy atom. The van der Waals surface area contributed by atoms with Crippen molar-refractivity contribution in [2.45, 2.75) is 0 Å². The first kappa shape index (κ1) is 14.6. The average molecular weight is 288 g/mol. The summed E-state index contributed by atoms with van der Waals surface area (Å²) in [6, 6.07) is 6.70. The minimum atomic E-state index is -0.341. The Kier molecular flexibility index (Phi) is 4.57. The Hall–Kier alpha value is -2.80. The van der Waals surface area contributed by atoms with Gasteiger partial charge in [0.15, 0.2) is 0 Å². The predicted octanol–water partition coefficient (Wildman–Crippen LogP) is 1.64. The van der Waals surface area contributed by atoms with Crippen LogP contribution >= 0.6 is 0 Å². The summed E-state index contributed by atoms with van der Waals surface area (Å²) in [6.07, 6.45) is 2.97. The Labute approximate surface area is 122 Å². The van der Waals surface area contributed by atoms with Crippen LogP contribution in [0.15, 0.2) is 36.7 Å². The van der Waals surface area contributed by atoms with Crippen LogP contribution in [0.25, 0.3) is 0 Å². The van der Waals surface area contributed by atoms with Crippen molar-refractivity contribution in [3.05, 3.63) is 42.2 Å². The van der Waals surface area contributed by atoms with Gasteiger partial charge in [0.2, 0.25) is 0 Å². The van der Waals surface area contributed by atoms with Gasteiger partial charge >= 0.3 is 0 Å². The van der Waals surface area contributed by atoms with Gasteiger partial charge in [-0.15, -0.1) is 0 Å². The molecular formula is C14H16N4O3. The summed E-state index contributed by atoms with van der Waals surface area (Å²) in [7, 11) is 3.08. The molecule has 21 heavy (non-hydrogen) atoms. The fraction of sp³-hybridized carbons (Fsp3) is 0.143. The van der Waals surface area contributed by atoms with E-state index in [0.717, 1.165) is 0 Å². The highest BCUT2D eigenvalue weighted by atomic mass is 16.5. The number of carbonyl (C=O) groups excluding carboxylic acids is 1. The average Bonchev–Trinajstić information content (AvgIpc) is 2.54. The number of rotatable bonds is 5. The van der Waals surface area contributed by atoms with Crippen molar-refractivity contribution in [2.75, 3.05) is 25.0 Å². The number of benzene rings is 1. The summed E-state index contributed by atoms with van der Waals surface area (Å²) < 4.78 is 10.3. The van der Waals surface area contributed by atoms with Crippen LogP contribution in [-0.2, 0) is 0 Å². The number of nitrogens with zero attached hydrogens (tertiary/aromatic N) is 1. The fourth-order valence-corrected chi connectivity index (χ4v) is 1.78. The molecule has 0 unspecified atom stereocenters. The lowest BCUT2D eigenvalue weighted by atomic mass is 10.2. The van der Waals surface area contributed by atoms with Gasteiger partial charge in [-0.3, -0.25) is 15.6 Å². The highest BCUT2D eigenvalue weighted by Gasteiger charge is 2.12. The molecular weight excluding hydrogens is 272 g/mol. The van der Waals surface area contributed by atoms with E-state index in [4.69, 9.17) is 15.3 Å². The number of aromatic nitrogens is 1. The molecule has 4 N–H and O–H groups in total. The number of hydrogen-bond donors (Lipinski definition) is 3. The van der Waals surface area contributed by atoms with Crippen LogP contribution in [0.3, 0.4) is 0 Å².